The Morgan fingerprint density at radius 2 is 1.49 bits per heavy atom. The number of sulfonamides is 1. The summed E-state index contributed by atoms with van der Waals surface area (Å²) in [5.74, 6) is -0.757. The SMILES string of the molecule is C[C@@H](NC(=O)c1ccccc1NC(=O)c1ccc(CS(=O)(=O)N2CCCC2)cc1)c1ccccc1. The Bertz CT molecular complexity index is 1290. The molecule has 7 nitrogen and oxygen atoms in total. The first kappa shape index (κ1) is 24.6. The number of anilines is 1. The number of hydrogen-bond acceptors (Lipinski definition) is 4. The average Bonchev–Trinajstić information content (AvgIpc) is 3.41. The van der Waals surface area contributed by atoms with Crippen molar-refractivity contribution in [1.29, 1.82) is 0 Å². The van der Waals surface area contributed by atoms with E-state index in [-0.39, 0.29) is 23.6 Å². The summed E-state index contributed by atoms with van der Waals surface area (Å²) in [5, 5.41) is 5.77. The number of carbonyl (C=O) groups excluding carboxylic acids is 2. The monoisotopic (exact) mass is 491 g/mol. The molecule has 1 atom stereocenters. The van der Waals surface area contributed by atoms with Crippen LogP contribution in [0.3, 0.4) is 0 Å². The molecule has 0 aliphatic carbocycles. The molecule has 2 N–H and O–H groups in total. The number of nitrogens with zero attached hydrogens (tertiary/aromatic N) is 1. The summed E-state index contributed by atoms with van der Waals surface area (Å²) in [6, 6.07) is 22.8. The first-order chi connectivity index (χ1) is 16.8. The van der Waals surface area contributed by atoms with Gasteiger partial charge in [-0.05, 0) is 55.2 Å². The molecular weight excluding hydrogens is 462 g/mol. The standard InChI is InChI=1S/C27H29N3O4S/c1-20(22-9-3-2-4-10-22)28-27(32)24-11-5-6-12-25(24)29-26(31)23-15-13-21(14-16-23)19-35(33,34)30-17-7-8-18-30/h2-6,9-16,20H,7-8,17-19H2,1H3,(H,28,32)(H,29,31)/t20-/m1/s1. The van der Waals surface area contributed by atoms with E-state index in [0.717, 1.165) is 18.4 Å². The van der Waals surface area contributed by atoms with Gasteiger partial charge in [0.05, 0.1) is 23.0 Å². The van der Waals surface area contributed by atoms with Crippen LogP contribution < -0.4 is 10.6 Å². The molecule has 2 amide bonds. The Hall–Kier alpha value is -3.49. The predicted molar refractivity (Wildman–Crippen MR) is 137 cm³/mol. The lowest BCUT2D eigenvalue weighted by atomic mass is 10.1. The van der Waals surface area contributed by atoms with E-state index in [1.807, 2.05) is 37.3 Å². The smallest absolute Gasteiger partial charge is 0.255 e. The maximum atomic E-state index is 12.9. The Morgan fingerprint density at radius 3 is 2.17 bits per heavy atom. The fraction of sp³-hybridized carbons (Fsp3) is 0.259. The Balaban J connectivity index is 1.42. The molecule has 8 heteroatoms. The second-order valence-electron chi connectivity index (χ2n) is 8.66. The van der Waals surface area contributed by atoms with Crippen molar-refractivity contribution in [1.82, 2.24) is 9.62 Å². The molecule has 0 unspecified atom stereocenters. The van der Waals surface area contributed by atoms with Gasteiger partial charge in [-0.15, -0.1) is 0 Å². The molecule has 182 valence electrons. The summed E-state index contributed by atoms with van der Waals surface area (Å²) >= 11 is 0. The zero-order valence-corrected chi connectivity index (χ0v) is 20.4. The summed E-state index contributed by atoms with van der Waals surface area (Å²) in [6.45, 7) is 3.04. The Labute approximate surface area is 206 Å². The highest BCUT2D eigenvalue weighted by atomic mass is 32.2. The van der Waals surface area contributed by atoms with Gasteiger partial charge in [0, 0.05) is 18.7 Å². The molecule has 3 aromatic rings. The van der Waals surface area contributed by atoms with E-state index in [1.54, 1.807) is 48.5 Å². The highest BCUT2D eigenvalue weighted by Gasteiger charge is 2.25. The van der Waals surface area contributed by atoms with Crippen LogP contribution in [0.15, 0.2) is 78.9 Å². The van der Waals surface area contributed by atoms with Crippen LogP contribution in [-0.2, 0) is 15.8 Å². The normalized spacial score (nSPS) is 14.9. The number of para-hydroxylation sites is 1. The number of carbonyl (C=O) groups is 2. The van der Waals surface area contributed by atoms with Crippen molar-refractivity contribution in [3.05, 3.63) is 101 Å². The average molecular weight is 492 g/mol. The minimum atomic E-state index is -3.35. The van der Waals surface area contributed by atoms with E-state index in [1.165, 1.54) is 4.31 Å². The number of nitrogens with one attached hydrogen (secondary N) is 2. The van der Waals surface area contributed by atoms with E-state index >= 15 is 0 Å². The third kappa shape index (κ3) is 6.15. The van der Waals surface area contributed by atoms with Crippen LogP contribution in [-0.4, -0.2) is 37.6 Å². The maximum absolute atomic E-state index is 12.9. The van der Waals surface area contributed by atoms with Gasteiger partial charge in [0.1, 0.15) is 0 Å². The molecule has 4 rings (SSSR count). The second kappa shape index (κ2) is 10.8. The Morgan fingerprint density at radius 1 is 0.857 bits per heavy atom. The highest BCUT2D eigenvalue weighted by molar-refractivity contribution is 7.88. The van der Waals surface area contributed by atoms with Crippen molar-refractivity contribution in [3.63, 3.8) is 0 Å². The van der Waals surface area contributed by atoms with Gasteiger partial charge in [-0.2, -0.15) is 0 Å². The molecule has 0 aromatic heterocycles. The van der Waals surface area contributed by atoms with E-state index in [9.17, 15) is 18.0 Å². The van der Waals surface area contributed by atoms with Gasteiger partial charge in [-0.1, -0.05) is 54.6 Å². The van der Waals surface area contributed by atoms with Crippen molar-refractivity contribution in [2.75, 3.05) is 18.4 Å². The largest absolute Gasteiger partial charge is 0.345 e. The van der Waals surface area contributed by atoms with Crippen molar-refractivity contribution >= 4 is 27.5 Å². The molecule has 1 aliphatic heterocycles. The van der Waals surface area contributed by atoms with Crippen LogP contribution in [0, 0.1) is 0 Å². The second-order valence-corrected chi connectivity index (χ2v) is 10.6. The van der Waals surface area contributed by atoms with Crippen LogP contribution in [0.1, 0.15) is 57.7 Å². The molecule has 1 aliphatic rings. The lowest BCUT2D eigenvalue weighted by molar-refractivity contribution is 0.0940. The minimum absolute atomic E-state index is 0.0858. The van der Waals surface area contributed by atoms with Crippen molar-refractivity contribution in [2.45, 2.75) is 31.6 Å². The lowest BCUT2D eigenvalue weighted by Gasteiger charge is -2.17. The molecule has 0 radical (unpaired) electrons. The van der Waals surface area contributed by atoms with Crippen LogP contribution in [0.4, 0.5) is 5.69 Å². The van der Waals surface area contributed by atoms with Crippen LogP contribution >= 0.6 is 0 Å². The lowest BCUT2D eigenvalue weighted by Crippen LogP contribution is -2.29. The molecule has 35 heavy (non-hydrogen) atoms. The summed E-state index contributed by atoms with van der Waals surface area (Å²) in [4.78, 5) is 25.8. The molecule has 3 aromatic carbocycles. The van der Waals surface area contributed by atoms with E-state index in [0.29, 0.717) is 35.5 Å². The van der Waals surface area contributed by atoms with Crippen molar-refractivity contribution < 1.29 is 18.0 Å². The highest BCUT2D eigenvalue weighted by Crippen LogP contribution is 2.20. The van der Waals surface area contributed by atoms with E-state index < -0.39 is 10.0 Å². The fourth-order valence-electron chi connectivity index (χ4n) is 4.10. The van der Waals surface area contributed by atoms with E-state index in [4.69, 9.17) is 0 Å². The fourth-order valence-corrected chi connectivity index (χ4v) is 5.72. The van der Waals surface area contributed by atoms with Gasteiger partial charge in [0.25, 0.3) is 11.8 Å². The molecule has 0 bridgehead atoms. The number of amides is 2. The maximum Gasteiger partial charge on any atom is 0.255 e. The van der Waals surface area contributed by atoms with Gasteiger partial charge < -0.3 is 10.6 Å². The molecule has 0 spiro atoms. The minimum Gasteiger partial charge on any atom is -0.345 e. The third-order valence-electron chi connectivity index (χ3n) is 6.09. The molecule has 1 saturated heterocycles. The van der Waals surface area contributed by atoms with Gasteiger partial charge in [0.2, 0.25) is 10.0 Å². The van der Waals surface area contributed by atoms with Gasteiger partial charge >= 0.3 is 0 Å². The van der Waals surface area contributed by atoms with Gasteiger partial charge in [-0.25, -0.2) is 12.7 Å². The Kier molecular flexibility index (Phi) is 7.63. The molecular formula is C27H29N3O4S. The topological polar surface area (TPSA) is 95.6 Å². The third-order valence-corrected chi connectivity index (χ3v) is 7.94. The summed E-state index contributed by atoms with van der Waals surface area (Å²) < 4.78 is 26.6. The number of rotatable bonds is 8. The van der Waals surface area contributed by atoms with Gasteiger partial charge in [0.15, 0.2) is 0 Å². The summed E-state index contributed by atoms with van der Waals surface area (Å²) in [7, 11) is -3.35. The molecule has 1 heterocycles. The van der Waals surface area contributed by atoms with Crippen LogP contribution in [0.5, 0.6) is 0 Å². The number of benzene rings is 3. The van der Waals surface area contributed by atoms with Crippen LogP contribution in [0.2, 0.25) is 0 Å². The number of hydrogen-bond donors (Lipinski definition) is 2. The zero-order valence-electron chi connectivity index (χ0n) is 19.6. The molecule has 1 fully saturated rings. The zero-order chi connectivity index (χ0) is 24.8. The predicted octanol–water partition coefficient (Wildman–Crippen LogP) is 4.36. The van der Waals surface area contributed by atoms with Crippen molar-refractivity contribution in [2.24, 2.45) is 0 Å². The quantitative estimate of drug-likeness (QED) is 0.490. The molecule has 0 saturated carbocycles. The first-order valence-corrected chi connectivity index (χ1v) is 13.3. The van der Waals surface area contributed by atoms with Crippen LogP contribution in [0.25, 0.3) is 0 Å². The van der Waals surface area contributed by atoms with E-state index in [2.05, 4.69) is 10.6 Å². The summed E-state index contributed by atoms with van der Waals surface area (Å²) in [6.07, 6.45) is 1.78. The van der Waals surface area contributed by atoms with Crippen molar-refractivity contribution in [3.8, 4) is 0 Å². The first-order valence-electron chi connectivity index (χ1n) is 11.7. The van der Waals surface area contributed by atoms with Gasteiger partial charge in [-0.3, -0.25) is 9.59 Å². The summed E-state index contributed by atoms with van der Waals surface area (Å²) in [5.41, 5.74) is 2.74.